The molecule has 5 nitrogen and oxygen atoms in total. The molecule has 0 saturated heterocycles. The largest absolute Gasteiger partial charge is 0.399 e. The van der Waals surface area contributed by atoms with Gasteiger partial charge in [-0.1, -0.05) is 11.8 Å². The standard InChI is InChI=1S/C13H17N3O2S2/c1-8(12(17)15-5-6-18-2)19-13-16-10-4-3-9(14)7-11(10)20-13/h3-4,7-8H,5-6,14H2,1-2H3,(H,15,17). The van der Waals surface area contributed by atoms with Gasteiger partial charge in [-0.25, -0.2) is 4.98 Å². The lowest BCUT2D eigenvalue weighted by molar-refractivity contribution is -0.120. The minimum Gasteiger partial charge on any atom is -0.399 e. The maximum Gasteiger partial charge on any atom is 0.233 e. The van der Waals surface area contributed by atoms with E-state index in [1.807, 2.05) is 25.1 Å². The van der Waals surface area contributed by atoms with Gasteiger partial charge in [-0.2, -0.15) is 0 Å². The summed E-state index contributed by atoms with van der Waals surface area (Å²) in [7, 11) is 1.61. The number of ether oxygens (including phenoxy) is 1. The van der Waals surface area contributed by atoms with Crippen molar-refractivity contribution in [2.75, 3.05) is 26.0 Å². The number of hydrogen-bond acceptors (Lipinski definition) is 6. The Morgan fingerprint density at radius 3 is 3.15 bits per heavy atom. The summed E-state index contributed by atoms with van der Waals surface area (Å²) in [6, 6.07) is 5.63. The molecule has 7 heteroatoms. The molecule has 2 aromatic rings. The number of nitrogens with one attached hydrogen (secondary N) is 1. The Bertz CT molecular complexity index is 600. The van der Waals surface area contributed by atoms with Crippen molar-refractivity contribution in [3.63, 3.8) is 0 Å². The van der Waals surface area contributed by atoms with Gasteiger partial charge in [0.1, 0.15) is 0 Å². The van der Waals surface area contributed by atoms with E-state index < -0.39 is 0 Å². The van der Waals surface area contributed by atoms with E-state index in [9.17, 15) is 4.79 Å². The highest BCUT2D eigenvalue weighted by Gasteiger charge is 2.16. The Kier molecular flexibility index (Phi) is 5.22. The molecular formula is C13H17N3O2S2. The second-order valence-corrected chi connectivity index (χ2v) is 6.87. The van der Waals surface area contributed by atoms with Crippen molar-refractivity contribution in [3.05, 3.63) is 18.2 Å². The molecular weight excluding hydrogens is 294 g/mol. The first-order valence-corrected chi connectivity index (χ1v) is 7.89. The summed E-state index contributed by atoms with van der Waals surface area (Å²) in [6.45, 7) is 2.91. The molecule has 1 heterocycles. The predicted octanol–water partition coefficient (Wildman–Crippen LogP) is 2.12. The molecule has 0 bridgehead atoms. The summed E-state index contributed by atoms with van der Waals surface area (Å²) in [6.07, 6.45) is 0. The Morgan fingerprint density at radius 2 is 2.40 bits per heavy atom. The lowest BCUT2D eigenvalue weighted by atomic mass is 10.3. The summed E-state index contributed by atoms with van der Waals surface area (Å²) >= 11 is 3.01. The van der Waals surface area contributed by atoms with Crippen molar-refractivity contribution in [1.82, 2.24) is 10.3 Å². The average molecular weight is 311 g/mol. The van der Waals surface area contributed by atoms with Gasteiger partial charge < -0.3 is 15.8 Å². The van der Waals surface area contributed by atoms with Gasteiger partial charge in [0.25, 0.3) is 0 Å². The monoisotopic (exact) mass is 311 g/mol. The molecule has 0 spiro atoms. The molecule has 3 N–H and O–H groups in total. The van der Waals surface area contributed by atoms with Crippen LogP contribution in [0, 0.1) is 0 Å². The molecule has 1 unspecified atom stereocenters. The molecule has 1 aromatic heterocycles. The summed E-state index contributed by atoms with van der Waals surface area (Å²) in [5.41, 5.74) is 7.39. The molecule has 0 fully saturated rings. The fraction of sp³-hybridized carbons (Fsp3) is 0.385. The van der Waals surface area contributed by atoms with Crippen molar-refractivity contribution in [2.24, 2.45) is 0 Å². The van der Waals surface area contributed by atoms with Crippen LogP contribution in [0.2, 0.25) is 0 Å². The van der Waals surface area contributed by atoms with Crippen LogP contribution in [0.5, 0.6) is 0 Å². The number of benzene rings is 1. The van der Waals surface area contributed by atoms with Crippen molar-refractivity contribution in [1.29, 1.82) is 0 Å². The number of nitrogens with two attached hydrogens (primary N) is 1. The molecule has 1 amide bonds. The third kappa shape index (κ3) is 3.84. The second kappa shape index (κ2) is 6.92. The highest BCUT2D eigenvalue weighted by atomic mass is 32.2. The number of fused-ring (bicyclic) bond motifs is 1. The minimum atomic E-state index is -0.190. The zero-order valence-corrected chi connectivity index (χ0v) is 13.0. The first-order chi connectivity index (χ1) is 9.60. The highest BCUT2D eigenvalue weighted by molar-refractivity contribution is 8.02. The van der Waals surface area contributed by atoms with E-state index in [0.29, 0.717) is 13.2 Å². The molecule has 108 valence electrons. The highest BCUT2D eigenvalue weighted by Crippen LogP contribution is 2.32. The molecule has 0 radical (unpaired) electrons. The van der Waals surface area contributed by atoms with Crippen LogP contribution in [0.3, 0.4) is 0 Å². The van der Waals surface area contributed by atoms with Crippen LogP contribution in [0.1, 0.15) is 6.92 Å². The number of aromatic nitrogens is 1. The molecule has 0 aliphatic heterocycles. The number of carbonyl (C=O) groups excluding carboxylic acids is 1. The van der Waals surface area contributed by atoms with E-state index in [1.54, 1.807) is 18.4 Å². The minimum absolute atomic E-state index is 0.00850. The van der Waals surface area contributed by atoms with Crippen LogP contribution in [-0.2, 0) is 9.53 Å². The lowest BCUT2D eigenvalue weighted by Gasteiger charge is -2.09. The van der Waals surface area contributed by atoms with E-state index in [-0.39, 0.29) is 11.2 Å². The summed E-state index contributed by atoms with van der Waals surface area (Å²) in [4.78, 5) is 16.4. The summed E-state index contributed by atoms with van der Waals surface area (Å²) in [5, 5.41) is 2.63. The van der Waals surface area contributed by atoms with Crippen LogP contribution in [-0.4, -0.2) is 36.4 Å². The normalized spacial score (nSPS) is 12.5. The number of rotatable bonds is 6. The number of amides is 1. The first kappa shape index (κ1) is 15.1. The van der Waals surface area contributed by atoms with Gasteiger partial charge >= 0.3 is 0 Å². The Balaban J connectivity index is 1.98. The van der Waals surface area contributed by atoms with Gasteiger partial charge in [-0.15, -0.1) is 11.3 Å². The summed E-state index contributed by atoms with van der Waals surface area (Å²) in [5.74, 6) is -0.00850. The van der Waals surface area contributed by atoms with E-state index in [4.69, 9.17) is 10.5 Å². The van der Waals surface area contributed by atoms with Crippen LogP contribution in [0.25, 0.3) is 10.2 Å². The molecule has 0 saturated carbocycles. The van der Waals surface area contributed by atoms with Crippen LogP contribution < -0.4 is 11.1 Å². The zero-order valence-electron chi connectivity index (χ0n) is 11.4. The van der Waals surface area contributed by atoms with Gasteiger partial charge in [0, 0.05) is 19.3 Å². The third-order valence-corrected chi connectivity index (χ3v) is 4.86. The molecule has 1 atom stereocenters. The molecule has 2 rings (SSSR count). The topological polar surface area (TPSA) is 77.2 Å². The van der Waals surface area contributed by atoms with Gasteiger partial charge in [0.15, 0.2) is 4.34 Å². The van der Waals surface area contributed by atoms with Gasteiger partial charge in [-0.05, 0) is 25.1 Å². The van der Waals surface area contributed by atoms with Crippen LogP contribution in [0.15, 0.2) is 22.5 Å². The summed E-state index contributed by atoms with van der Waals surface area (Å²) < 4.78 is 6.81. The Labute approximate surface area is 125 Å². The number of hydrogen-bond donors (Lipinski definition) is 2. The number of anilines is 1. The quantitative estimate of drug-likeness (QED) is 0.485. The maximum absolute atomic E-state index is 11.9. The van der Waals surface area contributed by atoms with Crippen molar-refractivity contribution in [2.45, 2.75) is 16.5 Å². The van der Waals surface area contributed by atoms with Crippen molar-refractivity contribution >= 4 is 44.9 Å². The fourth-order valence-electron chi connectivity index (χ4n) is 1.60. The molecule has 20 heavy (non-hydrogen) atoms. The second-order valence-electron chi connectivity index (χ2n) is 4.25. The number of carbonyl (C=O) groups is 1. The Morgan fingerprint density at radius 1 is 1.60 bits per heavy atom. The number of nitrogen functional groups attached to an aromatic ring is 1. The number of nitrogens with zero attached hydrogens (tertiary/aromatic N) is 1. The van der Waals surface area contributed by atoms with Crippen LogP contribution in [0.4, 0.5) is 5.69 Å². The van der Waals surface area contributed by atoms with E-state index in [0.717, 1.165) is 20.2 Å². The van der Waals surface area contributed by atoms with E-state index >= 15 is 0 Å². The zero-order chi connectivity index (χ0) is 14.5. The van der Waals surface area contributed by atoms with Gasteiger partial charge in [0.05, 0.1) is 22.1 Å². The van der Waals surface area contributed by atoms with Crippen molar-refractivity contribution < 1.29 is 9.53 Å². The molecule has 1 aromatic carbocycles. The van der Waals surface area contributed by atoms with E-state index in [2.05, 4.69) is 10.3 Å². The van der Waals surface area contributed by atoms with E-state index in [1.165, 1.54) is 11.8 Å². The number of thioether (sulfide) groups is 1. The predicted molar refractivity (Wildman–Crippen MR) is 84.2 cm³/mol. The lowest BCUT2D eigenvalue weighted by Crippen LogP contribution is -2.33. The molecule has 0 aliphatic rings. The van der Waals surface area contributed by atoms with Gasteiger partial charge in [-0.3, -0.25) is 4.79 Å². The third-order valence-electron chi connectivity index (χ3n) is 2.65. The smallest absolute Gasteiger partial charge is 0.233 e. The van der Waals surface area contributed by atoms with Gasteiger partial charge in [0.2, 0.25) is 5.91 Å². The van der Waals surface area contributed by atoms with Crippen molar-refractivity contribution in [3.8, 4) is 0 Å². The first-order valence-electron chi connectivity index (χ1n) is 6.19. The molecule has 0 aliphatic carbocycles. The fourth-order valence-corrected chi connectivity index (χ4v) is 3.88. The maximum atomic E-state index is 11.9. The number of thiazole rings is 1. The van der Waals surface area contributed by atoms with Crippen LogP contribution >= 0.6 is 23.1 Å². The Hall–Kier alpha value is -1.31. The average Bonchev–Trinajstić information content (AvgIpc) is 2.80. The number of methoxy groups -OCH3 is 1. The SMILES string of the molecule is COCCNC(=O)C(C)Sc1nc2ccc(N)cc2s1.